The number of nitrogens with one attached hydrogen (secondary N) is 15. The molecule has 1 heterocycles. The Bertz CT molecular complexity index is 4430. The highest BCUT2D eigenvalue weighted by Crippen LogP contribution is 2.20. The number of aliphatic hydroxyl groups is 4. The van der Waals surface area contributed by atoms with Gasteiger partial charge in [-0.1, -0.05) is 107 Å². The third kappa shape index (κ3) is 40.1. The molecule has 722 valence electrons. The number of benzene rings is 3. The monoisotopic (exact) mass is 1880 g/mol. The summed E-state index contributed by atoms with van der Waals surface area (Å²) in [5.41, 5.74) is 6.48. The van der Waals surface area contributed by atoms with Gasteiger partial charge in [0.15, 0.2) is 0 Å². The molecule has 26 N–H and O–H groups in total. The molecule has 3 aromatic carbocycles. The molecule has 0 bridgehead atoms. The van der Waals surface area contributed by atoms with Gasteiger partial charge in [0.2, 0.25) is 94.5 Å². The van der Waals surface area contributed by atoms with E-state index in [1.165, 1.54) is 67.6 Å². The summed E-state index contributed by atoms with van der Waals surface area (Å²) in [4.78, 5) is 270. The molecule has 16 atom stereocenters. The SMILES string of the molecule is CC[C@H](C)[C@H](NC(=O)[C@H](CO)NC(=O)[C@H](Cc1ccc(O)cc1)NC(=O)[C@H](CC(=O)O)NC(=O)[C@H](CO)NC(=O)[C@@H](NC(=O)[C@H](Cc1ccccc1)NC(=O)[C@@H](NC(=O)CNC(=O)[C@H](CCC(=O)O)NC(=O)CSCC(=O)NCCN1C(=O)CSC1=O)[C@@H](C)O)[C@@H](C)O)C(=O)N[C@@H](Cc1ccc(O)cc1)C(=O)N[C@@H](CC(C)C)C(=O)N[C@@H](CC(=O)O)C(=O)N[C@H](C)CCCCN. The van der Waals surface area contributed by atoms with Crippen molar-refractivity contribution in [3.63, 3.8) is 0 Å². The summed E-state index contributed by atoms with van der Waals surface area (Å²) in [6, 6.07) is -4.41. The molecule has 48 heteroatoms. The maximum Gasteiger partial charge on any atom is 0.305 e. The van der Waals surface area contributed by atoms with Crippen LogP contribution in [0.1, 0.15) is 123 Å². The second-order valence-corrected chi connectivity index (χ2v) is 33.3. The highest BCUT2D eigenvalue weighted by molar-refractivity contribution is 8.14. The van der Waals surface area contributed by atoms with E-state index in [9.17, 15) is 142 Å². The van der Waals surface area contributed by atoms with Crippen molar-refractivity contribution in [3.8, 4) is 11.5 Å². The van der Waals surface area contributed by atoms with Gasteiger partial charge in [-0.25, -0.2) is 0 Å². The molecule has 0 radical (unpaired) electrons. The number of carbonyl (C=O) groups excluding carboxylic acids is 17. The lowest BCUT2D eigenvalue weighted by atomic mass is 9.96. The lowest BCUT2D eigenvalue weighted by Crippen LogP contribution is -2.63. The molecule has 0 unspecified atom stereocenters. The Hall–Kier alpha value is -12.6. The first-order chi connectivity index (χ1) is 61.9. The molecule has 1 aliphatic heterocycles. The number of rotatable bonds is 59. The van der Waals surface area contributed by atoms with Crippen LogP contribution in [0.25, 0.3) is 0 Å². The summed E-state index contributed by atoms with van der Waals surface area (Å²) in [6.07, 6.45) is -6.46. The molecule has 46 nitrogen and oxygen atoms in total. The van der Waals surface area contributed by atoms with Gasteiger partial charge in [0.05, 0.1) is 62.1 Å². The number of phenolic OH excluding ortho intramolecular Hbond substituents is 2. The van der Waals surface area contributed by atoms with E-state index in [0.717, 1.165) is 42.3 Å². The van der Waals surface area contributed by atoms with Crippen LogP contribution in [0.2, 0.25) is 0 Å². The standard InChI is InChI=1S/C83H119N17O29S2/c1-8-43(4)68(80(126)93-55(33-49-19-23-51(106)24-20-49)74(120)89-53(30-42(2)3)73(119)91-57(34-66(113)114)72(118)87-44(5)14-12-13-27-84)98-79(125)60(38-102)95-75(121)54(32-48-17-21-50(105)22-18-48)90-76(122)58(35-67(115)116)92-78(124)59(37-101)96-82(128)70(46(7)104)99-77(123)56(31-47-15-10-9-11-16-47)94-81(127)69(45(6)103)97-61(107)36-86-71(117)52(25-26-65(111)112)88-63(109)40-130-39-62(108)85-28-29-100-64(110)41-131-83(100)129/h9-11,15-24,42-46,52-60,68-70,101-106H,8,12-14,25-41,84H2,1-7H3,(H,85,108)(H,86,117)(H,87,118)(H,88,109)(H,89,120)(H,90,122)(H,91,119)(H,92,124)(H,93,126)(H,94,127)(H,95,121)(H,96,128)(H,97,107)(H,98,125)(H,99,123)(H,111,112)(H,113,114)(H,115,116)/t43-,44+,45+,46+,52-,53-,54-,55-,56-,57-,58-,59-,60-,68-,69-,70-/m0/s1. The van der Waals surface area contributed by atoms with Crippen molar-refractivity contribution in [2.75, 3.05) is 56.7 Å². The van der Waals surface area contributed by atoms with Crippen molar-refractivity contribution in [3.05, 3.63) is 95.6 Å². The number of thioether (sulfide) groups is 2. The number of carboxylic acid groups (broad SMARTS) is 3. The molecule has 3 aromatic rings. The zero-order valence-corrected chi connectivity index (χ0v) is 74.8. The first kappa shape index (κ1) is 111. The number of aliphatic hydroxyl groups excluding tert-OH is 4. The van der Waals surface area contributed by atoms with Gasteiger partial charge in [-0.05, 0) is 106 Å². The van der Waals surface area contributed by atoms with Crippen LogP contribution in [0.15, 0.2) is 78.9 Å². The van der Waals surface area contributed by atoms with E-state index in [-0.39, 0.29) is 66.8 Å². The fourth-order valence-electron chi connectivity index (χ4n) is 12.7. The normalized spacial score (nSPS) is 15.4. The van der Waals surface area contributed by atoms with Crippen molar-refractivity contribution >= 4 is 141 Å². The quantitative estimate of drug-likeness (QED) is 0.0234. The molecule has 1 fully saturated rings. The van der Waals surface area contributed by atoms with E-state index < -0.39 is 278 Å². The van der Waals surface area contributed by atoms with Crippen LogP contribution in [0, 0.1) is 11.8 Å². The number of nitrogens with zero attached hydrogens (tertiary/aromatic N) is 1. The number of nitrogens with two attached hydrogens (primary N) is 1. The number of amides is 17. The van der Waals surface area contributed by atoms with Crippen molar-refractivity contribution in [1.82, 2.24) is 84.7 Å². The van der Waals surface area contributed by atoms with E-state index in [4.69, 9.17) is 5.73 Å². The van der Waals surface area contributed by atoms with Crippen molar-refractivity contribution < 1.29 is 142 Å². The van der Waals surface area contributed by atoms with E-state index in [2.05, 4.69) is 79.8 Å². The lowest BCUT2D eigenvalue weighted by Gasteiger charge is -2.30. The summed E-state index contributed by atoms with van der Waals surface area (Å²) in [6.45, 7) is 6.99. The van der Waals surface area contributed by atoms with Crippen molar-refractivity contribution in [1.29, 1.82) is 0 Å². The number of unbranched alkanes of at least 4 members (excludes halogenated alkanes) is 1. The third-order valence-corrected chi connectivity index (χ3v) is 21.8. The van der Waals surface area contributed by atoms with Crippen LogP contribution < -0.4 is 85.5 Å². The predicted molar refractivity (Wildman–Crippen MR) is 468 cm³/mol. The first-order valence-corrected chi connectivity index (χ1v) is 44.1. The Morgan fingerprint density at radius 1 is 0.435 bits per heavy atom. The Balaban J connectivity index is 1.53. The number of imide groups is 1. The highest BCUT2D eigenvalue weighted by atomic mass is 32.2. The van der Waals surface area contributed by atoms with Crippen LogP contribution in [0.5, 0.6) is 11.5 Å². The largest absolute Gasteiger partial charge is 0.508 e. The minimum absolute atomic E-state index is 0.0270. The smallest absolute Gasteiger partial charge is 0.305 e. The molecule has 131 heavy (non-hydrogen) atoms. The molecule has 0 aliphatic carbocycles. The van der Waals surface area contributed by atoms with Crippen LogP contribution in [0.3, 0.4) is 0 Å². The number of carboxylic acids is 3. The topological polar surface area (TPSA) is 733 Å². The number of hydrogen-bond donors (Lipinski definition) is 25. The maximum absolute atomic E-state index is 14.7. The van der Waals surface area contributed by atoms with Gasteiger partial charge in [-0.3, -0.25) is 101 Å². The van der Waals surface area contributed by atoms with Crippen LogP contribution in [-0.4, -0.2) is 316 Å². The van der Waals surface area contributed by atoms with Crippen LogP contribution in [-0.2, 0) is 110 Å². The fourth-order valence-corrected chi connectivity index (χ4v) is 14.1. The van der Waals surface area contributed by atoms with E-state index in [1.54, 1.807) is 45.9 Å². The van der Waals surface area contributed by atoms with Gasteiger partial charge >= 0.3 is 17.9 Å². The third-order valence-electron chi connectivity index (χ3n) is 20.0. The lowest BCUT2D eigenvalue weighted by molar-refractivity contribution is -0.142. The predicted octanol–water partition coefficient (Wildman–Crippen LogP) is -6.11. The average Bonchev–Trinajstić information content (AvgIpc) is 1.01. The van der Waals surface area contributed by atoms with Gasteiger partial charge < -0.3 is 131 Å². The van der Waals surface area contributed by atoms with Gasteiger partial charge in [-0.15, -0.1) is 11.8 Å². The van der Waals surface area contributed by atoms with Crippen LogP contribution >= 0.6 is 23.5 Å². The molecular weight excluding hydrogens is 1760 g/mol. The Labute approximate surface area is 761 Å². The highest BCUT2D eigenvalue weighted by Gasteiger charge is 2.41. The summed E-state index contributed by atoms with van der Waals surface area (Å²) in [7, 11) is 0. The van der Waals surface area contributed by atoms with Gasteiger partial charge in [-0.2, -0.15) is 0 Å². The molecule has 0 saturated carbocycles. The Morgan fingerprint density at radius 3 is 1.31 bits per heavy atom. The Kier molecular flexibility index (Phi) is 47.9. The number of hydrogen-bond acceptors (Lipinski definition) is 29. The zero-order valence-electron chi connectivity index (χ0n) is 73.2. The maximum atomic E-state index is 14.7. The second kappa shape index (κ2) is 56.7. The van der Waals surface area contributed by atoms with Gasteiger partial charge in [0, 0.05) is 44.8 Å². The average molecular weight is 1880 g/mol. The number of phenols is 2. The Morgan fingerprint density at radius 2 is 0.847 bits per heavy atom. The second-order valence-electron chi connectivity index (χ2n) is 31.4. The first-order valence-electron chi connectivity index (χ1n) is 41.9. The molecule has 1 aliphatic rings. The molecule has 1 saturated heterocycles. The van der Waals surface area contributed by atoms with E-state index >= 15 is 0 Å². The van der Waals surface area contributed by atoms with Crippen molar-refractivity contribution in [2.24, 2.45) is 17.6 Å². The molecule has 4 rings (SSSR count). The van der Waals surface area contributed by atoms with Crippen LogP contribution in [0.4, 0.5) is 4.79 Å². The fraction of sp³-hybridized carbons (Fsp3) is 0.542. The minimum Gasteiger partial charge on any atom is -0.508 e. The summed E-state index contributed by atoms with van der Waals surface area (Å²) in [5.74, 6) is -24.2. The van der Waals surface area contributed by atoms with Crippen molar-refractivity contribution in [2.45, 2.75) is 216 Å². The number of carbonyl (C=O) groups is 20. The van der Waals surface area contributed by atoms with E-state index in [0.29, 0.717) is 36.9 Å². The number of aliphatic carboxylic acids is 3. The summed E-state index contributed by atoms with van der Waals surface area (Å²) < 4.78 is 0. The zero-order chi connectivity index (χ0) is 97.9. The van der Waals surface area contributed by atoms with Gasteiger partial charge in [0.25, 0.3) is 5.24 Å². The minimum atomic E-state index is -2.23. The molecule has 17 amide bonds. The number of aromatic hydroxyl groups is 2. The molecular formula is C83H119N17O29S2. The molecule has 0 aromatic heterocycles. The van der Waals surface area contributed by atoms with E-state index in [1.807, 2.05) is 0 Å². The molecule has 0 spiro atoms. The summed E-state index contributed by atoms with van der Waals surface area (Å²) >= 11 is 1.60. The summed E-state index contributed by atoms with van der Waals surface area (Å²) in [5, 5.41) is 127. The van der Waals surface area contributed by atoms with Gasteiger partial charge in [0.1, 0.15) is 84.0 Å².